The van der Waals surface area contributed by atoms with Crippen molar-refractivity contribution in [3.8, 4) is 66.9 Å². The molecule has 2 heterocycles. The van der Waals surface area contributed by atoms with Gasteiger partial charge in [-0.3, -0.25) is 4.98 Å². The molecule has 0 aliphatic carbocycles. The second kappa shape index (κ2) is 14.3. The zero-order valence-electron chi connectivity index (χ0n) is 33.1. The standard InChI is InChI=1S/C58H36N2O/c1-3-11-37(12-4-1)45-29-31-48-49-32-30-46(38-13-5-2-6-14-38)35-53(49)57-56(52(48)34-45)59-36-54(60-57)42-27-23-40(24-28-42)44-16-9-15-43(33-44)39-21-25-41(26-22-39)47-18-10-19-51-50-17-7-8-20-55(50)61-58(47)51/h1-36H. The Kier molecular flexibility index (Phi) is 8.17. The molecule has 0 unspecified atom stereocenters. The van der Waals surface area contributed by atoms with Crippen LogP contribution in [0.1, 0.15) is 0 Å². The maximum atomic E-state index is 6.34. The monoisotopic (exact) mass is 776 g/mol. The van der Waals surface area contributed by atoms with Crippen LogP contribution in [0, 0.1) is 0 Å². The molecule has 0 N–H and O–H groups in total. The Bertz CT molecular complexity index is 3610. The molecule has 0 bridgehead atoms. The van der Waals surface area contributed by atoms with E-state index < -0.39 is 0 Å². The van der Waals surface area contributed by atoms with Gasteiger partial charge in [-0.1, -0.05) is 188 Å². The van der Waals surface area contributed by atoms with Crippen LogP contribution in [0.5, 0.6) is 0 Å². The first-order chi connectivity index (χ1) is 30.2. The second-order valence-electron chi connectivity index (χ2n) is 15.7. The molecule has 12 rings (SSSR count). The fourth-order valence-corrected chi connectivity index (χ4v) is 9.01. The van der Waals surface area contributed by atoms with Gasteiger partial charge in [0.1, 0.15) is 11.2 Å². The molecule has 0 saturated heterocycles. The van der Waals surface area contributed by atoms with E-state index >= 15 is 0 Å². The van der Waals surface area contributed by atoms with Gasteiger partial charge in [0.15, 0.2) is 0 Å². The number of benzene rings is 10. The summed E-state index contributed by atoms with van der Waals surface area (Å²) in [4.78, 5) is 10.6. The summed E-state index contributed by atoms with van der Waals surface area (Å²) >= 11 is 0. The van der Waals surface area contributed by atoms with Crippen LogP contribution < -0.4 is 0 Å². The Hall–Kier alpha value is -8.14. The third kappa shape index (κ3) is 6.06. The number of nitrogens with zero attached hydrogens (tertiary/aromatic N) is 2. The average molecular weight is 777 g/mol. The van der Waals surface area contributed by atoms with Gasteiger partial charge in [0, 0.05) is 32.7 Å². The molecule has 0 spiro atoms. The van der Waals surface area contributed by atoms with Crippen molar-refractivity contribution in [3.05, 3.63) is 219 Å². The molecule has 0 fully saturated rings. The summed E-state index contributed by atoms with van der Waals surface area (Å²) in [5, 5.41) is 6.82. The van der Waals surface area contributed by atoms with Crippen LogP contribution in [0.25, 0.3) is 121 Å². The van der Waals surface area contributed by atoms with Crippen LogP contribution >= 0.6 is 0 Å². The molecule has 0 amide bonds. The molecule has 0 saturated carbocycles. The zero-order valence-corrected chi connectivity index (χ0v) is 33.1. The van der Waals surface area contributed by atoms with Crippen LogP contribution in [0.4, 0.5) is 0 Å². The first kappa shape index (κ1) is 34.9. The minimum absolute atomic E-state index is 0.844. The lowest BCUT2D eigenvalue weighted by Gasteiger charge is -2.14. The van der Waals surface area contributed by atoms with Crippen LogP contribution in [0.2, 0.25) is 0 Å². The van der Waals surface area contributed by atoms with Crippen molar-refractivity contribution in [2.45, 2.75) is 0 Å². The van der Waals surface area contributed by atoms with E-state index in [1.165, 1.54) is 27.5 Å². The number of fused-ring (bicyclic) bond motifs is 9. The Balaban J connectivity index is 0.894. The van der Waals surface area contributed by atoms with Gasteiger partial charge in [0.05, 0.1) is 22.9 Å². The average Bonchev–Trinajstić information content (AvgIpc) is 3.73. The summed E-state index contributed by atoms with van der Waals surface area (Å²) < 4.78 is 6.34. The van der Waals surface area contributed by atoms with Crippen molar-refractivity contribution in [3.63, 3.8) is 0 Å². The number of hydrogen-bond acceptors (Lipinski definition) is 3. The van der Waals surface area contributed by atoms with Gasteiger partial charge in [0.25, 0.3) is 0 Å². The Morgan fingerprint density at radius 3 is 1.43 bits per heavy atom. The first-order valence-electron chi connectivity index (χ1n) is 20.7. The second-order valence-corrected chi connectivity index (χ2v) is 15.7. The molecule has 284 valence electrons. The van der Waals surface area contributed by atoms with Crippen molar-refractivity contribution < 1.29 is 4.42 Å². The summed E-state index contributed by atoms with van der Waals surface area (Å²) in [5.41, 5.74) is 17.0. The van der Waals surface area contributed by atoms with Gasteiger partial charge in [-0.25, -0.2) is 4.98 Å². The topological polar surface area (TPSA) is 38.9 Å². The minimum atomic E-state index is 0.844. The summed E-state index contributed by atoms with van der Waals surface area (Å²) in [5.74, 6) is 0. The number of rotatable bonds is 6. The molecule has 0 aliphatic heterocycles. The Labute approximate surface area is 352 Å². The van der Waals surface area contributed by atoms with E-state index in [4.69, 9.17) is 14.4 Å². The van der Waals surface area contributed by atoms with E-state index in [0.29, 0.717) is 0 Å². The Morgan fingerprint density at radius 2 is 0.770 bits per heavy atom. The number of para-hydroxylation sites is 2. The van der Waals surface area contributed by atoms with Crippen LogP contribution in [0.15, 0.2) is 223 Å². The third-order valence-electron chi connectivity index (χ3n) is 12.1. The summed E-state index contributed by atoms with van der Waals surface area (Å²) in [6, 6.07) is 75.5. The van der Waals surface area contributed by atoms with E-state index in [1.54, 1.807) is 0 Å². The molecule has 0 radical (unpaired) electrons. The van der Waals surface area contributed by atoms with Gasteiger partial charge in [0.2, 0.25) is 0 Å². The predicted octanol–water partition coefficient (Wildman–Crippen LogP) is 15.8. The van der Waals surface area contributed by atoms with Crippen molar-refractivity contribution in [2.75, 3.05) is 0 Å². The first-order valence-corrected chi connectivity index (χ1v) is 20.7. The molecule has 3 heteroatoms. The predicted molar refractivity (Wildman–Crippen MR) is 254 cm³/mol. The van der Waals surface area contributed by atoms with Crippen molar-refractivity contribution >= 4 is 54.5 Å². The highest BCUT2D eigenvalue weighted by molar-refractivity contribution is 6.24. The molecule has 10 aromatic carbocycles. The number of hydrogen-bond donors (Lipinski definition) is 0. The van der Waals surface area contributed by atoms with Crippen molar-refractivity contribution in [1.82, 2.24) is 9.97 Å². The fraction of sp³-hybridized carbons (Fsp3) is 0. The van der Waals surface area contributed by atoms with Gasteiger partial charge in [-0.15, -0.1) is 0 Å². The van der Waals surface area contributed by atoms with Crippen molar-refractivity contribution in [1.29, 1.82) is 0 Å². The largest absolute Gasteiger partial charge is 0.455 e. The van der Waals surface area contributed by atoms with Crippen molar-refractivity contribution in [2.24, 2.45) is 0 Å². The summed E-state index contributed by atoms with van der Waals surface area (Å²) in [6.07, 6.45) is 1.93. The molecule has 0 atom stereocenters. The highest BCUT2D eigenvalue weighted by Gasteiger charge is 2.16. The number of furan rings is 1. The molecule has 2 aromatic heterocycles. The molecular formula is C58H36N2O. The highest BCUT2D eigenvalue weighted by Crippen LogP contribution is 2.40. The lowest BCUT2D eigenvalue weighted by molar-refractivity contribution is 0.670. The van der Waals surface area contributed by atoms with E-state index in [9.17, 15) is 0 Å². The molecule has 3 nitrogen and oxygen atoms in total. The lowest BCUT2D eigenvalue weighted by Crippen LogP contribution is -1.93. The minimum Gasteiger partial charge on any atom is -0.455 e. The van der Waals surface area contributed by atoms with Gasteiger partial charge >= 0.3 is 0 Å². The molecule has 12 aromatic rings. The van der Waals surface area contributed by atoms with Crippen LogP contribution in [0.3, 0.4) is 0 Å². The Morgan fingerprint density at radius 1 is 0.295 bits per heavy atom. The van der Waals surface area contributed by atoms with E-state index in [-0.39, 0.29) is 0 Å². The SMILES string of the molecule is c1ccc(-c2ccc3c4ccc(-c5ccccc5)cc4c4nc(-c5ccc(-c6cccc(-c7ccc(-c8cccc9c8oc8ccccc89)cc7)c6)cc5)cnc4c3c2)cc1. The summed E-state index contributed by atoms with van der Waals surface area (Å²) in [7, 11) is 0. The smallest absolute Gasteiger partial charge is 0.143 e. The molecule has 0 aliphatic rings. The van der Waals surface area contributed by atoms with Gasteiger partial charge < -0.3 is 4.42 Å². The van der Waals surface area contributed by atoms with E-state index in [1.807, 2.05) is 18.3 Å². The lowest BCUT2D eigenvalue weighted by atomic mass is 9.93. The van der Waals surface area contributed by atoms with Crippen LogP contribution in [-0.2, 0) is 0 Å². The van der Waals surface area contributed by atoms with E-state index in [2.05, 4.69) is 200 Å². The van der Waals surface area contributed by atoms with Gasteiger partial charge in [-0.2, -0.15) is 0 Å². The quantitative estimate of drug-likeness (QED) is 0.158. The fourth-order valence-electron chi connectivity index (χ4n) is 9.01. The number of aromatic nitrogens is 2. The highest BCUT2D eigenvalue weighted by atomic mass is 16.3. The normalized spacial score (nSPS) is 11.6. The molecule has 61 heavy (non-hydrogen) atoms. The van der Waals surface area contributed by atoms with Crippen LogP contribution in [-0.4, -0.2) is 9.97 Å². The third-order valence-corrected chi connectivity index (χ3v) is 12.1. The van der Waals surface area contributed by atoms with E-state index in [0.717, 1.165) is 93.9 Å². The molecular weight excluding hydrogens is 741 g/mol. The maximum Gasteiger partial charge on any atom is 0.143 e. The summed E-state index contributed by atoms with van der Waals surface area (Å²) in [6.45, 7) is 0. The maximum absolute atomic E-state index is 6.34. The zero-order chi connectivity index (χ0) is 40.3. The van der Waals surface area contributed by atoms with Gasteiger partial charge in [-0.05, 0) is 85.1 Å².